The normalized spacial score (nSPS) is 42.0. The summed E-state index contributed by atoms with van der Waals surface area (Å²) < 4.78 is 2.00. The fraction of sp³-hybridized carbons (Fsp3) is 0.692. The molecule has 0 radical (unpaired) electrons. The van der Waals surface area contributed by atoms with Crippen molar-refractivity contribution in [1.82, 2.24) is 9.78 Å². The van der Waals surface area contributed by atoms with Gasteiger partial charge in [-0.3, -0.25) is 9.48 Å². The number of fused-ring (bicyclic) bond motifs is 5. The molecule has 6 atom stereocenters. The number of hydrogen-bond acceptors (Lipinski definition) is 3. The number of carbonyl (C=O) groups is 1. The largest absolute Gasteiger partial charge is 0.393 e. The summed E-state index contributed by atoms with van der Waals surface area (Å²) in [6.45, 7) is 9.74. The number of ketones is 1. The number of aromatic nitrogens is 2. The van der Waals surface area contributed by atoms with E-state index in [0.717, 1.165) is 68.3 Å². The van der Waals surface area contributed by atoms with Crippen LogP contribution in [0.5, 0.6) is 0 Å². The second-order valence-corrected chi connectivity index (χ2v) is 10.8. The molecule has 0 aliphatic heterocycles. The van der Waals surface area contributed by atoms with Crippen molar-refractivity contribution in [1.29, 1.82) is 0 Å². The molecule has 0 unspecified atom stereocenters. The number of nitrogens with zero attached hydrogens (tertiary/aromatic N) is 2. The first-order valence-electron chi connectivity index (χ1n) is 11.9. The average Bonchev–Trinajstić information content (AvgIpc) is 3.20. The van der Waals surface area contributed by atoms with Crippen LogP contribution in [0.4, 0.5) is 0 Å². The summed E-state index contributed by atoms with van der Waals surface area (Å²) in [6, 6.07) is 0. The molecule has 0 spiro atoms. The minimum absolute atomic E-state index is 0.162. The lowest BCUT2D eigenvalue weighted by Gasteiger charge is -2.56. The number of aryl methyl sites for hydroxylation is 1. The molecule has 1 aromatic heterocycles. The zero-order valence-electron chi connectivity index (χ0n) is 18.9. The number of hydrogen-bond donors (Lipinski definition) is 1. The topological polar surface area (TPSA) is 55.1 Å². The van der Waals surface area contributed by atoms with Gasteiger partial charge in [-0.05, 0) is 93.6 Å². The van der Waals surface area contributed by atoms with Crippen molar-refractivity contribution in [2.75, 3.05) is 0 Å². The first kappa shape index (κ1) is 20.2. The van der Waals surface area contributed by atoms with Gasteiger partial charge in [0.1, 0.15) is 0 Å². The molecule has 1 heterocycles. The van der Waals surface area contributed by atoms with E-state index >= 15 is 0 Å². The van der Waals surface area contributed by atoms with Crippen molar-refractivity contribution >= 4 is 11.9 Å². The van der Waals surface area contributed by atoms with Gasteiger partial charge in [-0.15, -0.1) is 0 Å². The maximum absolute atomic E-state index is 13.6. The van der Waals surface area contributed by atoms with Crippen LogP contribution in [0.3, 0.4) is 0 Å². The highest BCUT2D eigenvalue weighted by Gasteiger charge is 2.59. The van der Waals surface area contributed by atoms with E-state index in [0.29, 0.717) is 23.5 Å². The number of aliphatic hydroxyl groups is 1. The van der Waals surface area contributed by atoms with Gasteiger partial charge >= 0.3 is 0 Å². The summed E-state index contributed by atoms with van der Waals surface area (Å²) in [5, 5.41) is 14.7. The van der Waals surface area contributed by atoms with E-state index in [9.17, 15) is 9.90 Å². The van der Waals surface area contributed by atoms with E-state index in [-0.39, 0.29) is 16.9 Å². The number of aliphatic hydroxyl groups excluding tert-OH is 1. The number of carbonyl (C=O) groups excluding carboxylic acids is 1. The molecule has 1 aromatic rings. The quantitative estimate of drug-likeness (QED) is 0.547. The molecule has 0 amide bonds. The van der Waals surface area contributed by atoms with Crippen molar-refractivity contribution in [3.05, 3.63) is 34.7 Å². The Kier molecular flexibility index (Phi) is 4.66. The van der Waals surface area contributed by atoms with Crippen molar-refractivity contribution in [2.24, 2.45) is 28.6 Å². The molecule has 4 nitrogen and oxygen atoms in total. The molecule has 4 aliphatic rings. The van der Waals surface area contributed by atoms with Gasteiger partial charge in [0.25, 0.3) is 0 Å². The second-order valence-electron chi connectivity index (χ2n) is 10.8. The van der Waals surface area contributed by atoms with E-state index in [1.807, 2.05) is 10.9 Å². The van der Waals surface area contributed by atoms with Crippen molar-refractivity contribution in [3.63, 3.8) is 0 Å². The van der Waals surface area contributed by atoms with E-state index in [1.165, 1.54) is 5.57 Å². The Balaban J connectivity index is 1.48. The van der Waals surface area contributed by atoms with Gasteiger partial charge in [-0.25, -0.2) is 0 Å². The first-order chi connectivity index (χ1) is 14.3. The minimum Gasteiger partial charge on any atom is -0.393 e. The number of Topliss-reactive ketones (excluding diaryl/α,β-unsaturated/α-hetero) is 1. The predicted octanol–water partition coefficient (Wildman–Crippen LogP) is 5.10. The van der Waals surface area contributed by atoms with E-state index in [1.54, 1.807) is 0 Å². The summed E-state index contributed by atoms with van der Waals surface area (Å²) in [7, 11) is 0. The Morgan fingerprint density at radius 1 is 1.20 bits per heavy atom. The average molecular weight is 409 g/mol. The van der Waals surface area contributed by atoms with Gasteiger partial charge in [-0.1, -0.05) is 25.5 Å². The van der Waals surface area contributed by atoms with Crippen LogP contribution in [-0.4, -0.2) is 26.8 Å². The highest BCUT2D eigenvalue weighted by molar-refractivity contribution is 6.06. The maximum Gasteiger partial charge on any atom is 0.165 e. The molecule has 4 aliphatic carbocycles. The second kappa shape index (κ2) is 6.91. The van der Waals surface area contributed by atoms with Crippen molar-refractivity contribution in [3.8, 4) is 0 Å². The third kappa shape index (κ3) is 2.75. The Labute approximate surface area is 180 Å². The van der Waals surface area contributed by atoms with E-state index in [4.69, 9.17) is 0 Å². The fourth-order valence-electron chi connectivity index (χ4n) is 7.55. The molecule has 1 N–H and O–H groups in total. The molecule has 0 bridgehead atoms. The van der Waals surface area contributed by atoms with E-state index < -0.39 is 0 Å². The smallest absolute Gasteiger partial charge is 0.165 e. The zero-order valence-corrected chi connectivity index (χ0v) is 18.9. The van der Waals surface area contributed by atoms with Gasteiger partial charge in [-0.2, -0.15) is 5.10 Å². The summed E-state index contributed by atoms with van der Waals surface area (Å²) in [5.74, 6) is 2.06. The standard InChI is InChI=1S/C26H36N2O2/c1-5-28-16(2)18(15-27-28)12-17-13-23-21-7-6-19-14-20(29)8-10-25(19,3)22(21)9-11-26(23,4)24(17)30/h6,12,15,20-23,29H,5,7-11,13-14H2,1-4H3/b17-12-/t20-,21+,22-,23-,25-,26-/m0/s1. The Hall–Kier alpha value is -1.68. The van der Waals surface area contributed by atoms with Crippen molar-refractivity contribution in [2.45, 2.75) is 85.3 Å². The molecule has 3 fully saturated rings. The maximum atomic E-state index is 13.6. The summed E-state index contributed by atoms with van der Waals surface area (Å²) in [5.41, 5.74) is 4.76. The lowest BCUT2D eigenvalue weighted by atomic mass is 9.48. The molecule has 0 aromatic carbocycles. The molecule has 30 heavy (non-hydrogen) atoms. The van der Waals surface area contributed by atoms with Crippen molar-refractivity contribution < 1.29 is 9.90 Å². The lowest BCUT2D eigenvalue weighted by molar-refractivity contribution is -0.130. The van der Waals surface area contributed by atoms with Crippen LogP contribution in [0, 0.1) is 35.5 Å². The van der Waals surface area contributed by atoms with Gasteiger partial charge < -0.3 is 5.11 Å². The van der Waals surface area contributed by atoms with Gasteiger partial charge in [0.2, 0.25) is 0 Å². The third-order valence-electron chi connectivity index (χ3n) is 9.49. The zero-order chi connectivity index (χ0) is 21.3. The highest BCUT2D eigenvalue weighted by atomic mass is 16.3. The van der Waals surface area contributed by atoms with Crippen LogP contribution >= 0.6 is 0 Å². The highest BCUT2D eigenvalue weighted by Crippen LogP contribution is 2.64. The summed E-state index contributed by atoms with van der Waals surface area (Å²) in [6.07, 6.45) is 13.3. The molecule has 0 saturated heterocycles. The SMILES string of the molecule is CCn1ncc(/C=C2/C[C@H]3[C@@H]4CC=C5C[C@@H](O)CC[C@]5(C)[C@H]4CC[C@]3(C)C2=O)c1C. The Morgan fingerprint density at radius 3 is 2.70 bits per heavy atom. The molecule has 3 saturated carbocycles. The molecule has 5 rings (SSSR count). The predicted molar refractivity (Wildman–Crippen MR) is 119 cm³/mol. The summed E-state index contributed by atoms with van der Waals surface area (Å²) >= 11 is 0. The van der Waals surface area contributed by atoms with Crippen LogP contribution < -0.4 is 0 Å². The minimum atomic E-state index is -0.211. The Morgan fingerprint density at radius 2 is 1.97 bits per heavy atom. The Bertz CT molecular complexity index is 941. The number of allylic oxidation sites excluding steroid dienone is 2. The molecular formula is C26H36N2O2. The van der Waals surface area contributed by atoms with Crippen LogP contribution in [-0.2, 0) is 11.3 Å². The fourth-order valence-corrected chi connectivity index (χ4v) is 7.55. The van der Waals surface area contributed by atoms with Crippen LogP contribution in [0.25, 0.3) is 6.08 Å². The van der Waals surface area contributed by atoms with Crippen LogP contribution in [0.1, 0.15) is 77.0 Å². The number of rotatable bonds is 2. The van der Waals surface area contributed by atoms with Gasteiger partial charge in [0.05, 0.1) is 12.3 Å². The van der Waals surface area contributed by atoms with Crippen LogP contribution in [0.2, 0.25) is 0 Å². The van der Waals surface area contributed by atoms with Crippen LogP contribution in [0.15, 0.2) is 23.4 Å². The molecule has 162 valence electrons. The van der Waals surface area contributed by atoms with E-state index in [2.05, 4.69) is 44.9 Å². The summed E-state index contributed by atoms with van der Waals surface area (Å²) in [4.78, 5) is 13.6. The molecule has 4 heteroatoms. The van der Waals surface area contributed by atoms with Gasteiger partial charge in [0.15, 0.2) is 5.78 Å². The third-order valence-corrected chi connectivity index (χ3v) is 9.49. The lowest BCUT2D eigenvalue weighted by Crippen LogP contribution is -2.50. The van der Waals surface area contributed by atoms with Gasteiger partial charge in [0, 0.05) is 23.2 Å². The first-order valence-corrected chi connectivity index (χ1v) is 11.9. The molecular weight excluding hydrogens is 372 g/mol. The monoisotopic (exact) mass is 408 g/mol.